The van der Waals surface area contributed by atoms with Crippen LogP contribution in [0.15, 0.2) is 18.2 Å². The van der Waals surface area contributed by atoms with Crippen LogP contribution in [0.4, 0.5) is 5.69 Å². The maximum atomic E-state index is 11.9. The van der Waals surface area contributed by atoms with Crippen LogP contribution in [0.3, 0.4) is 0 Å². The van der Waals surface area contributed by atoms with Gasteiger partial charge in [-0.15, -0.1) is 24.8 Å². The summed E-state index contributed by atoms with van der Waals surface area (Å²) in [5, 5.41) is 6.98. The lowest BCUT2D eigenvalue weighted by Crippen LogP contribution is -2.44. The van der Waals surface area contributed by atoms with Crippen molar-refractivity contribution < 1.29 is 4.79 Å². The third-order valence-electron chi connectivity index (χ3n) is 3.09. The Morgan fingerprint density at radius 3 is 2.33 bits per heavy atom. The lowest BCUT2D eigenvalue weighted by atomic mass is 10.2. The molecule has 0 unspecified atom stereocenters. The smallest absolute Gasteiger partial charge is 0.225 e. The van der Waals surface area contributed by atoms with Gasteiger partial charge in [0.2, 0.25) is 5.91 Å². The SMILES string of the molecule is Cl.Cl.O=C(CCN1CCNCC1)Nc1c(Cl)cccc1Cl. The van der Waals surface area contributed by atoms with Gasteiger partial charge in [-0.05, 0) is 12.1 Å². The highest BCUT2D eigenvalue weighted by molar-refractivity contribution is 6.39. The summed E-state index contributed by atoms with van der Waals surface area (Å²) >= 11 is 12.0. The lowest BCUT2D eigenvalue weighted by Gasteiger charge is -2.26. The van der Waals surface area contributed by atoms with Gasteiger partial charge in [-0.3, -0.25) is 4.79 Å². The summed E-state index contributed by atoms with van der Waals surface area (Å²) in [7, 11) is 0. The Kier molecular flexibility index (Phi) is 10.4. The van der Waals surface area contributed by atoms with Crippen molar-refractivity contribution in [3.05, 3.63) is 28.2 Å². The Morgan fingerprint density at radius 1 is 1.19 bits per heavy atom. The molecule has 0 atom stereocenters. The van der Waals surface area contributed by atoms with Gasteiger partial charge in [0.1, 0.15) is 0 Å². The van der Waals surface area contributed by atoms with Crippen LogP contribution < -0.4 is 10.6 Å². The molecule has 1 fully saturated rings. The molecule has 2 N–H and O–H groups in total. The minimum Gasteiger partial charge on any atom is -0.324 e. The molecule has 0 bridgehead atoms. The zero-order chi connectivity index (χ0) is 13.7. The van der Waals surface area contributed by atoms with Gasteiger partial charge in [-0.25, -0.2) is 0 Å². The molecule has 1 aromatic rings. The number of halogens is 4. The number of carbonyl (C=O) groups is 1. The number of piperazine rings is 1. The molecular formula is C13H19Cl4N3O. The van der Waals surface area contributed by atoms with Crippen molar-refractivity contribution in [1.29, 1.82) is 0 Å². The van der Waals surface area contributed by atoms with Gasteiger partial charge in [-0.1, -0.05) is 29.3 Å². The maximum absolute atomic E-state index is 11.9. The molecule has 0 radical (unpaired) electrons. The second kappa shape index (κ2) is 10.5. The Bertz CT molecular complexity index is 433. The van der Waals surface area contributed by atoms with E-state index in [4.69, 9.17) is 23.2 Å². The number of para-hydroxylation sites is 1. The molecule has 21 heavy (non-hydrogen) atoms. The molecule has 0 saturated carbocycles. The first-order chi connectivity index (χ1) is 9.16. The Labute approximate surface area is 147 Å². The molecule has 1 aromatic carbocycles. The number of carbonyl (C=O) groups excluding carboxylic acids is 1. The lowest BCUT2D eigenvalue weighted by molar-refractivity contribution is -0.116. The highest BCUT2D eigenvalue weighted by atomic mass is 35.5. The second-order valence-corrected chi connectivity index (χ2v) is 5.30. The molecule has 0 spiro atoms. The summed E-state index contributed by atoms with van der Waals surface area (Å²) in [5.41, 5.74) is 0.496. The summed E-state index contributed by atoms with van der Waals surface area (Å²) < 4.78 is 0. The Hall–Kier alpha value is -0.230. The Balaban J connectivity index is 0.00000200. The number of nitrogens with zero attached hydrogens (tertiary/aromatic N) is 1. The van der Waals surface area contributed by atoms with Crippen molar-refractivity contribution >= 4 is 59.6 Å². The summed E-state index contributed by atoms with van der Waals surface area (Å²) in [6.45, 7) is 4.70. The van der Waals surface area contributed by atoms with Gasteiger partial charge < -0.3 is 15.5 Å². The van der Waals surface area contributed by atoms with Gasteiger partial charge in [0.05, 0.1) is 15.7 Å². The normalized spacial score (nSPS) is 14.8. The molecule has 1 aliphatic heterocycles. The first-order valence-electron chi connectivity index (χ1n) is 6.34. The van der Waals surface area contributed by atoms with E-state index in [1.54, 1.807) is 18.2 Å². The van der Waals surface area contributed by atoms with Crippen molar-refractivity contribution in [3.63, 3.8) is 0 Å². The maximum Gasteiger partial charge on any atom is 0.225 e. The van der Waals surface area contributed by atoms with E-state index in [1.807, 2.05) is 0 Å². The first-order valence-corrected chi connectivity index (χ1v) is 7.09. The average Bonchev–Trinajstić information content (AvgIpc) is 2.42. The minimum absolute atomic E-state index is 0. The highest BCUT2D eigenvalue weighted by Crippen LogP contribution is 2.29. The monoisotopic (exact) mass is 373 g/mol. The van der Waals surface area contributed by atoms with Crippen LogP contribution in [0.2, 0.25) is 10.0 Å². The summed E-state index contributed by atoms with van der Waals surface area (Å²) in [5.74, 6) is -0.0615. The molecule has 0 aliphatic carbocycles. The van der Waals surface area contributed by atoms with Crippen LogP contribution in [-0.4, -0.2) is 43.5 Å². The van der Waals surface area contributed by atoms with Crippen LogP contribution in [0.5, 0.6) is 0 Å². The number of nitrogens with one attached hydrogen (secondary N) is 2. The fourth-order valence-electron chi connectivity index (χ4n) is 2.01. The number of rotatable bonds is 4. The number of hydrogen-bond acceptors (Lipinski definition) is 3. The van der Waals surface area contributed by atoms with Crippen molar-refractivity contribution in [2.45, 2.75) is 6.42 Å². The fraction of sp³-hybridized carbons (Fsp3) is 0.462. The number of hydrogen-bond donors (Lipinski definition) is 2. The Morgan fingerprint density at radius 2 is 1.76 bits per heavy atom. The molecule has 0 aromatic heterocycles. The third-order valence-corrected chi connectivity index (χ3v) is 3.72. The number of anilines is 1. The largest absolute Gasteiger partial charge is 0.324 e. The van der Waals surface area contributed by atoms with Crippen LogP contribution in [0, 0.1) is 0 Å². The first kappa shape index (κ1) is 20.8. The molecule has 1 saturated heterocycles. The quantitative estimate of drug-likeness (QED) is 0.851. The van der Waals surface area contributed by atoms with E-state index in [0.717, 1.165) is 32.7 Å². The number of amides is 1. The van der Waals surface area contributed by atoms with E-state index >= 15 is 0 Å². The molecule has 1 aliphatic rings. The van der Waals surface area contributed by atoms with E-state index in [0.29, 0.717) is 22.2 Å². The average molecular weight is 375 g/mol. The van der Waals surface area contributed by atoms with Crippen LogP contribution >= 0.6 is 48.0 Å². The zero-order valence-electron chi connectivity index (χ0n) is 11.4. The standard InChI is InChI=1S/C13H17Cl2N3O.2ClH/c14-10-2-1-3-11(15)13(10)17-12(19)4-7-18-8-5-16-6-9-18;;/h1-3,16H,4-9H2,(H,17,19);2*1H. The van der Waals surface area contributed by atoms with Crippen molar-refractivity contribution in [2.75, 3.05) is 38.0 Å². The second-order valence-electron chi connectivity index (χ2n) is 4.49. The van der Waals surface area contributed by atoms with Crippen molar-refractivity contribution in [3.8, 4) is 0 Å². The third kappa shape index (κ3) is 6.59. The van der Waals surface area contributed by atoms with Crippen molar-refractivity contribution in [2.24, 2.45) is 0 Å². The van der Waals surface area contributed by atoms with E-state index in [9.17, 15) is 4.79 Å². The summed E-state index contributed by atoms with van der Waals surface area (Å²) in [4.78, 5) is 14.2. The van der Waals surface area contributed by atoms with Gasteiger partial charge in [0.25, 0.3) is 0 Å². The van der Waals surface area contributed by atoms with Crippen LogP contribution in [-0.2, 0) is 4.79 Å². The topological polar surface area (TPSA) is 44.4 Å². The molecule has 1 amide bonds. The van der Waals surface area contributed by atoms with E-state index in [2.05, 4.69) is 15.5 Å². The zero-order valence-corrected chi connectivity index (χ0v) is 14.5. The van der Waals surface area contributed by atoms with Gasteiger partial charge in [-0.2, -0.15) is 0 Å². The van der Waals surface area contributed by atoms with E-state index < -0.39 is 0 Å². The molecule has 1 heterocycles. The van der Waals surface area contributed by atoms with E-state index in [-0.39, 0.29) is 30.7 Å². The molecule has 2 rings (SSSR count). The predicted octanol–water partition coefficient (Wildman–Crippen LogP) is 3.07. The molecule has 120 valence electrons. The van der Waals surface area contributed by atoms with E-state index in [1.165, 1.54) is 0 Å². The van der Waals surface area contributed by atoms with Crippen LogP contribution in [0.25, 0.3) is 0 Å². The van der Waals surface area contributed by atoms with Gasteiger partial charge >= 0.3 is 0 Å². The summed E-state index contributed by atoms with van der Waals surface area (Å²) in [6, 6.07) is 5.17. The fourth-order valence-corrected chi connectivity index (χ4v) is 2.51. The highest BCUT2D eigenvalue weighted by Gasteiger charge is 2.13. The molecule has 8 heteroatoms. The summed E-state index contributed by atoms with van der Waals surface area (Å²) in [6.07, 6.45) is 0.446. The van der Waals surface area contributed by atoms with Gasteiger partial charge in [0, 0.05) is 39.1 Å². The van der Waals surface area contributed by atoms with Gasteiger partial charge in [0.15, 0.2) is 0 Å². The minimum atomic E-state index is -0.0615. The van der Waals surface area contributed by atoms with Crippen LogP contribution in [0.1, 0.15) is 6.42 Å². The molecular weight excluding hydrogens is 356 g/mol. The van der Waals surface area contributed by atoms with Crippen molar-refractivity contribution in [1.82, 2.24) is 10.2 Å². The number of benzene rings is 1. The molecule has 4 nitrogen and oxygen atoms in total. The predicted molar refractivity (Wildman–Crippen MR) is 93.5 cm³/mol.